The van der Waals surface area contributed by atoms with Gasteiger partial charge in [0.1, 0.15) is 10.7 Å². The Hall–Kier alpha value is -0.950. The molecule has 21 heavy (non-hydrogen) atoms. The summed E-state index contributed by atoms with van der Waals surface area (Å²) < 4.78 is 0. The van der Waals surface area contributed by atoms with Gasteiger partial charge in [0, 0.05) is 18.3 Å². The Labute approximate surface area is 134 Å². The van der Waals surface area contributed by atoms with Gasteiger partial charge < -0.3 is 16.4 Å². The Morgan fingerprint density at radius 2 is 2.29 bits per heavy atom. The predicted molar refractivity (Wildman–Crippen MR) is 92.3 cm³/mol. The van der Waals surface area contributed by atoms with Gasteiger partial charge in [-0.2, -0.15) is 11.8 Å². The number of rotatable bonds is 6. The van der Waals surface area contributed by atoms with Gasteiger partial charge in [0.15, 0.2) is 5.13 Å². The van der Waals surface area contributed by atoms with Crippen LogP contribution in [0.1, 0.15) is 42.8 Å². The highest BCUT2D eigenvalue weighted by Gasteiger charge is 2.19. The molecule has 1 fully saturated rings. The Kier molecular flexibility index (Phi) is 6.17. The maximum atomic E-state index is 12.2. The van der Waals surface area contributed by atoms with Crippen molar-refractivity contribution in [2.75, 3.05) is 29.9 Å². The van der Waals surface area contributed by atoms with Gasteiger partial charge in [-0.25, -0.2) is 4.98 Å². The van der Waals surface area contributed by atoms with Crippen LogP contribution in [0.3, 0.4) is 0 Å². The molecule has 1 aliphatic heterocycles. The summed E-state index contributed by atoms with van der Waals surface area (Å²) in [6.07, 6.45) is 3.74. The summed E-state index contributed by atoms with van der Waals surface area (Å²) in [5.74, 6) is 1.94. The smallest absolute Gasteiger partial charge is 0.265 e. The standard InChI is InChI=1S/C14H24N4OS2/c1-9(2)7-17-14-18-12(15)11(21-14)13(19)16-8-10-5-3-4-6-20-10/h9-10H,3-8,15H2,1-2H3,(H,16,19)(H,17,18). The molecule has 0 saturated carbocycles. The molecule has 0 spiro atoms. The number of thiazole rings is 1. The molecule has 1 aliphatic rings. The zero-order chi connectivity index (χ0) is 15.2. The minimum absolute atomic E-state index is 0.103. The van der Waals surface area contributed by atoms with Crippen molar-refractivity contribution >= 4 is 40.0 Å². The highest BCUT2D eigenvalue weighted by Crippen LogP contribution is 2.26. The van der Waals surface area contributed by atoms with E-state index in [1.54, 1.807) is 0 Å². The van der Waals surface area contributed by atoms with Gasteiger partial charge in [-0.05, 0) is 24.5 Å². The fourth-order valence-corrected chi connectivity index (χ4v) is 4.16. The quantitative estimate of drug-likeness (QED) is 0.748. The summed E-state index contributed by atoms with van der Waals surface area (Å²) in [5.41, 5.74) is 5.85. The van der Waals surface area contributed by atoms with Crippen molar-refractivity contribution in [3.05, 3.63) is 4.88 Å². The van der Waals surface area contributed by atoms with Gasteiger partial charge in [-0.1, -0.05) is 31.6 Å². The van der Waals surface area contributed by atoms with E-state index in [0.29, 0.717) is 21.9 Å². The molecule has 1 aromatic rings. The average molecular weight is 329 g/mol. The third-order valence-electron chi connectivity index (χ3n) is 3.29. The first-order valence-corrected chi connectivity index (χ1v) is 9.32. The van der Waals surface area contributed by atoms with Crippen LogP contribution in [-0.2, 0) is 0 Å². The molecule has 1 saturated heterocycles. The maximum absolute atomic E-state index is 12.2. The van der Waals surface area contributed by atoms with E-state index >= 15 is 0 Å². The lowest BCUT2D eigenvalue weighted by Crippen LogP contribution is -2.31. The number of carbonyl (C=O) groups is 1. The molecule has 0 bridgehead atoms. The van der Waals surface area contributed by atoms with Gasteiger partial charge in [0.2, 0.25) is 0 Å². The maximum Gasteiger partial charge on any atom is 0.265 e. The lowest BCUT2D eigenvalue weighted by atomic mass is 10.2. The summed E-state index contributed by atoms with van der Waals surface area (Å²) in [5, 5.41) is 7.46. The summed E-state index contributed by atoms with van der Waals surface area (Å²) in [6, 6.07) is 0. The van der Waals surface area contributed by atoms with Gasteiger partial charge in [0.05, 0.1) is 0 Å². The molecule has 5 nitrogen and oxygen atoms in total. The lowest BCUT2D eigenvalue weighted by Gasteiger charge is -2.21. The highest BCUT2D eigenvalue weighted by atomic mass is 32.2. The average Bonchev–Trinajstić information content (AvgIpc) is 2.85. The summed E-state index contributed by atoms with van der Waals surface area (Å²) in [7, 11) is 0. The van der Waals surface area contributed by atoms with Crippen LogP contribution in [0.25, 0.3) is 0 Å². The van der Waals surface area contributed by atoms with Crippen molar-refractivity contribution in [2.45, 2.75) is 38.4 Å². The summed E-state index contributed by atoms with van der Waals surface area (Å²) in [6.45, 7) is 5.79. The van der Waals surface area contributed by atoms with E-state index in [1.807, 2.05) is 11.8 Å². The first kappa shape index (κ1) is 16.4. The van der Waals surface area contributed by atoms with E-state index in [-0.39, 0.29) is 5.91 Å². The monoisotopic (exact) mass is 328 g/mol. The Morgan fingerprint density at radius 3 is 2.95 bits per heavy atom. The van der Waals surface area contributed by atoms with Gasteiger partial charge in [-0.15, -0.1) is 0 Å². The number of nitrogen functional groups attached to an aromatic ring is 1. The van der Waals surface area contributed by atoms with Crippen LogP contribution in [0.2, 0.25) is 0 Å². The first-order valence-electron chi connectivity index (χ1n) is 7.46. The van der Waals surface area contributed by atoms with E-state index < -0.39 is 0 Å². The van der Waals surface area contributed by atoms with Crippen molar-refractivity contribution in [1.82, 2.24) is 10.3 Å². The molecule has 7 heteroatoms. The molecule has 1 unspecified atom stereocenters. The van der Waals surface area contributed by atoms with E-state index in [2.05, 4.69) is 29.5 Å². The zero-order valence-electron chi connectivity index (χ0n) is 12.6. The zero-order valence-corrected chi connectivity index (χ0v) is 14.3. The molecular weight excluding hydrogens is 304 g/mol. The van der Waals surface area contributed by atoms with Crippen molar-refractivity contribution in [2.24, 2.45) is 5.92 Å². The number of nitrogens with two attached hydrogens (primary N) is 1. The fraction of sp³-hybridized carbons (Fsp3) is 0.714. The highest BCUT2D eigenvalue weighted by molar-refractivity contribution is 7.99. The van der Waals surface area contributed by atoms with Crippen molar-refractivity contribution in [1.29, 1.82) is 0 Å². The molecule has 2 rings (SSSR count). The number of nitrogens with zero attached hydrogens (tertiary/aromatic N) is 1. The minimum Gasteiger partial charge on any atom is -0.382 e. The van der Waals surface area contributed by atoms with Crippen LogP contribution in [0.5, 0.6) is 0 Å². The molecular formula is C14H24N4OS2. The molecule has 0 radical (unpaired) electrons. The number of aromatic nitrogens is 1. The first-order chi connectivity index (χ1) is 10.1. The number of anilines is 2. The second-order valence-electron chi connectivity index (χ2n) is 5.71. The molecule has 1 amide bonds. The second kappa shape index (κ2) is 7.89. The second-order valence-corrected chi connectivity index (χ2v) is 8.11. The van der Waals surface area contributed by atoms with Crippen molar-refractivity contribution in [3.63, 3.8) is 0 Å². The normalized spacial score (nSPS) is 18.7. The number of hydrogen-bond donors (Lipinski definition) is 3. The van der Waals surface area contributed by atoms with Crippen LogP contribution in [0, 0.1) is 5.92 Å². The minimum atomic E-state index is -0.103. The van der Waals surface area contributed by atoms with Crippen LogP contribution < -0.4 is 16.4 Å². The summed E-state index contributed by atoms with van der Waals surface area (Å²) in [4.78, 5) is 16.9. The molecule has 4 N–H and O–H groups in total. The third-order valence-corrected chi connectivity index (χ3v) is 5.71. The third kappa shape index (κ3) is 5.07. The molecule has 1 atom stereocenters. The van der Waals surface area contributed by atoms with Gasteiger partial charge in [0.25, 0.3) is 5.91 Å². The molecule has 2 heterocycles. The van der Waals surface area contributed by atoms with E-state index in [4.69, 9.17) is 5.73 Å². The largest absolute Gasteiger partial charge is 0.382 e. The van der Waals surface area contributed by atoms with Crippen LogP contribution in [0.4, 0.5) is 10.9 Å². The Balaban J connectivity index is 1.86. The molecule has 118 valence electrons. The van der Waals surface area contributed by atoms with E-state index in [0.717, 1.165) is 18.2 Å². The van der Waals surface area contributed by atoms with E-state index in [1.165, 1.54) is 36.4 Å². The number of thioether (sulfide) groups is 1. The Morgan fingerprint density at radius 1 is 1.48 bits per heavy atom. The van der Waals surface area contributed by atoms with Crippen molar-refractivity contribution in [3.8, 4) is 0 Å². The van der Waals surface area contributed by atoms with Crippen LogP contribution >= 0.6 is 23.1 Å². The molecule has 1 aromatic heterocycles. The predicted octanol–water partition coefficient (Wildman–Crippen LogP) is 2.81. The van der Waals surface area contributed by atoms with Crippen LogP contribution in [0.15, 0.2) is 0 Å². The molecule has 0 aromatic carbocycles. The molecule has 0 aliphatic carbocycles. The summed E-state index contributed by atoms with van der Waals surface area (Å²) >= 11 is 3.28. The number of hydrogen-bond acceptors (Lipinski definition) is 6. The Bertz CT molecular complexity index is 470. The SMILES string of the molecule is CC(C)CNc1nc(N)c(C(=O)NCC2CCCCS2)s1. The van der Waals surface area contributed by atoms with Crippen LogP contribution in [-0.4, -0.2) is 35.0 Å². The lowest BCUT2D eigenvalue weighted by molar-refractivity contribution is 0.0958. The number of amides is 1. The fourth-order valence-electron chi connectivity index (χ4n) is 2.12. The van der Waals surface area contributed by atoms with Gasteiger partial charge >= 0.3 is 0 Å². The van der Waals surface area contributed by atoms with Gasteiger partial charge in [-0.3, -0.25) is 4.79 Å². The number of carbonyl (C=O) groups excluding carboxylic acids is 1. The number of nitrogens with one attached hydrogen (secondary N) is 2. The topological polar surface area (TPSA) is 80.0 Å². The van der Waals surface area contributed by atoms with Crippen molar-refractivity contribution < 1.29 is 4.79 Å². The van der Waals surface area contributed by atoms with E-state index in [9.17, 15) is 4.79 Å².